The SMILES string of the molecule is C.C=C.C=C(/C(CCC)=C(\C)C(C)CCC)c1c(C#N)c(/C(N)=C/CN)cc(N(C)C)c1CC.C=C/C(=C/C)CCN. The van der Waals surface area contributed by atoms with E-state index in [0.717, 1.165) is 66.5 Å². The van der Waals surface area contributed by atoms with Crippen molar-refractivity contribution in [2.75, 3.05) is 32.1 Å². The molecule has 42 heavy (non-hydrogen) atoms. The summed E-state index contributed by atoms with van der Waals surface area (Å²) in [6.07, 6.45) is 11.7. The second-order valence-corrected chi connectivity index (χ2v) is 10.1. The zero-order chi connectivity index (χ0) is 32.1. The minimum Gasteiger partial charge on any atom is -0.398 e. The first-order valence-electron chi connectivity index (χ1n) is 14.8. The van der Waals surface area contributed by atoms with Crippen LogP contribution in [-0.2, 0) is 6.42 Å². The minimum atomic E-state index is 0. The molecule has 1 aromatic rings. The maximum atomic E-state index is 10.2. The highest BCUT2D eigenvalue weighted by atomic mass is 15.1. The molecule has 0 aliphatic carbocycles. The Labute approximate surface area is 260 Å². The van der Waals surface area contributed by atoms with Crippen molar-refractivity contribution in [3.63, 3.8) is 0 Å². The van der Waals surface area contributed by atoms with Gasteiger partial charge in [0, 0.05) is 43.2 Å². The summed E-state index contributed by atoms with van der Waals surface area (Å²) in [6, 6.07) is 4.47. The van der Waals surface area contributed by atoms with Gasteiger partial charge in [0.25, 0.3) is 0 Å². The van der Waals surface area contributed by atoms with Crippen LogP contribution in [0, 0.1) is 17.2 Å². The normalized spacial score (nSPS) is 12.2. The Morgan fingerprint density at radius 1 is 1.12 bits per heavy atom. The lowest BCUT2D eigenvalue weighted by Gasteiger charge is -2.27. The number of benzene rings is 1. The van der Waals surface area contributed by atoms with E-state index < -0.39 is 0 Å². The number of nitrogens with zero attached hydrogens (tertiary/aromatic N) is 2. The standard InChI is InChI=1S/C27H42N4.C7H13N.C2H4.CH4/c1-9-12-18(4)19(5)22(13-10-2)20(6)27-21(11-3)26(31(7)8)16-23(24(27)17-29)25(30)14-15-28;1-3-7(4-2)5-6-8;1-2;/h14,16,18H,6,9-13,15,28,30H2,1-5,7-8H3;3-4H,1,5-6,8H2,2H3;1-2H2;1H4/b22-19+,25-14-;7-4-;;. The smallest absolute Gasteiger partial charge is 0.100 e. The van der Waals surface area contributed by atoms with Gasteiger partial charge in [-0.2, -0.15) is 5.26 Å². The fourth-order valence-electron chi connectivity index (χ4n) is 4.85. The van der Waals surface area contributed by atoms with Crippen molar-refractivity contribution in [1.29, 1.82) is 5.26 Å². The molecular weight excluding hydrogens is 514 g/mol. The minimum absolute atomic E-state index is 0. The Morgan fingerprint density at radius 2 is 1.71 bits per heavy atom. The van der Waals surface area contributed by atoms with Crippen LogP contribution in [0.2, 0.25) is 0 Å². The van der Waals surface area contributed by atoms with Crippen LogP contribution in [0.3, 0.4) is 0 Å². The van der Waals surface area contributed by atoms with Gasteiger partial charge in [0.2, 0.25) is 0 Å². The van der Waals surface area contributed by atoms with Gasteiger partial charge in [0.1, 0.15) is 6.07 Å². The van der Waals surface area contributed by atoms with Crippen LogP contribution in [0.25, 0.3) is 11.3 Å². The summed E-state index contributed by atoms with van der Waals surface area (Å²) in [7, 11) is 4.05. The van der Waals surface area contributed by atoms with Crippen LogP contribution < -0.4 is 22.1 Å². The molecule has 5 heteroatoms. The van der Waals surface area contributed by atoms with Gasteiger partial charge in [-0.25, -0.2) is 0 Å². The van der Waals surface area contributed by atoms with Crippen LogP contribution in [0.5, 0.6) is 0 Å². The Kier molecular flexibility index (Phi) is 24.9. The number of nitriles is 1. The van der Waals surface area contributed by atoms with Gasteiger partial charge in [0.15, 0.2) is 0 Å². The third-order valence-corrected chi connectivity index (χ3v) is 7.18. The summed E-state index contributed by atoms with van der Waals surface area (Å²) in [5, 5.41) is 10.2. The first kappa shape index (κ1) is 43.1. The van der Waals surface area contributed by atoms with Crippen LogP contribution in [0.4, 0.5) is 5.69 Å². The van der Waals surface area contributed by atoms with E-state index in [1.165, 1.54) is 16.7 Å². The summed E-state index contributed by atoms with van der Waals surface area (Å²) in [4.78, 5) is 2.09. The largest absolute Gasteiger partial charge is 0.398 e. The van der Waals surface area contributed by atoms with Gasteiger partial charge in [-0.1, -0.05) is 84.4 Å². The van der Waals surface area contributed by atoms with E-state index in [-0.39, 0.29) is 7.43 Å². The molecule has 0 aromatic heterocycles. The van der Waals surface area contributed by atoms with Gasteiger partial charge < -0.3 is 22.1 Å². The Bertz CT molecular complexity index is 1100. The Hall–Kier alpha value is -3.33. The first-order chi connectivity index (χ1) is 19.5. The molecule has 0 radical (unpaired) electrons. The van der Waals surface area contributed by atoms with E-state index in [1.54, 1.807) is 6.08 Å². The maximum Gasteiger partial charge on any atom is 0.100 e. The topological polar surface area (TPSA) is 105 Å². The molecule has 0 bridgehead atoms. The molecule has 0 spiro atoms. The molecular formula is C37H63N5. The maximum absolute atomic E-state index is 10.2. The quantitative estimate of drug-likeness (QED) is 0.151. The number of hydrogen-bond acceptors (Lipinski definition) is 5. The highest BCUT2D eigenvalue weighted by Gasteiger charge is 2.24. The zero-order valence-corrected chi connectivity index (χ0v) is 27.5. The van der Waals surface area contributed by atoms with Crippen molar-refractivity contribution < 1.29 is 0 Å². The number of anilines is 1. The van der Waals surface area contributed by atoms with Gasteiger partial charge in [-0.05, 0) is 80.8 Å². The van der Waals surface area contributed by atoms with Gasteiger partial charge in [-0.15, -0.1) is 13.2 Å². The summed E-state index contributed by atoms with van der Waals surface area (Å²) >= 11 is 0. The fraction of sp³-hybridized carbons (Fsp3) is 0.486. The molecule has 0 saturated carbocycles. The number of rotatable bonds is 14. The summed E-state index contributed by atoms with van der Waals surface area (Å²) in [5.74, 6) is 0.484. The van der Waals surface area contributed by atoms with E-state index >= 15 is 0 Å². The average molecular weight is 578 g/mol. The van der Waals surface area contributed by atoms with Crippen molar-refractivity contribution in [3.05, 3.63) is 89.6 Å². The Balaban J connectivity index is -0.00000119. The predicted molar refractivity (Wildman–Crippen MR) is 192 cm³/mol. The fourth-order valence-corrected chi connectivity index (χ4v) is 4.85. The third kappa shape index (κ3) is 12.7. The molecule has 0 fully saturated rings. The molecule has 1 unspecified atom stereocenters. The van der Waals surface area contributed by atoms with Crippen LogP contribution in [-0.4, -0.2) is 27.2 Å². The number of nitrogens with two attached hydrogens (primary N) is 3. The molecule has 0 aliphatic rings. The van der Waals surface area contributed by atoms with Crippen molar-refractivity contribution in [1.82, 2.24) is 0 Å². The second kappa shape index (κ2) is 24.3. The van der Waals surface area contributed by atoms with Crippen molar-refractivity contribution >= 4 is 17.0 Å². The molecule has 1 aromatic carbocycles. The zero-order valence-electron chi connectivity index (χ0n) is 27.5. The van der Waals surface area contributed by atoms with E-state index in [1.807, 2.05) is 39.2 Å². The summed E-state index contributed by atoms with van der Waals surface area (Å²) < 4.78 is 0. The van der Waals surface area contributed by atoms with E-state index in [4.69, 9.17) is 17.2 Å². The monoisotopic (exact) mass is 578 g/mol. The molecule has 0 saturated heterocycles. The van der Waals surface area contributed by atoms with Crippen molar-refractivity contribution in [2.24, 2.45) is 23.1 Å². The molecule has 0 aliphatic heterocycles. The molecule has 0 heterocycles. The van der Waals surface area contributed by atoms with Crippen molar-refractivity contribution in [3.8, 4) is 6.07 Å². The molecule has 1 atom stereocenters. The lowest BCUT2D eigenvalue weighted by atomic mass is 9.81. The number of allylic oxidation sites excluding steroid dienone is 5. The van der Waals surface area contributed by atoms with Gasteiger partial charge in [-0.3, -0.25) is 0 Å². The lowest BCUT2D eigenvalue weighted by Crippen LogP contribution is -2.16. The third-order valence-electron chi connectivity index (χ3n) is 7.18. The van der Waals surface area contributed by atoms with E-state index in [0.29, 0.717) is 30.3 Å². The highest BCUT2D eigenvalue weighted by molar-refractivity contribution is 5.89. The lowest BCUT2D eigenvalue weighted by molar-refractivity contribution is 0.595. The van der Waals surface area contributed by atoms with Crippen LogP contribution in [0.1, 0.15) is 103 Å². The molecule has 236 valence electrons. The van der Waals surface area contributed by atoms with E-state index in [9.17, 15) is 5.26 Å². The van der Waals surface area contributed by atoms with Crippen molar-refractivity contribution in [2.45, 2.75) is 87.5 Å². The highest BCUT2D eigenvalue weighted by Crippen LogP contribution is 2.40. The van der Waals surface area contributed by atoms with E-state index in [2.05, 4.69) is 71.9 Å². The average Bonchev–Trinajstić information content (AvgIpc) is 2.98. The molecule has 6 N–H and O–H groups in total. The molecule has 5 nitrogen and oxygen atoms in total. The first-order valence-corrected chi connectivity index (χ1v) is 14.8. The number of hydrogen-bond donors (Lipinski definition) is 3. The van der Waals surface area contributed by atoms with Gasteiger partial charge in [0.05, 0.1) is 5.56 Å². The summed E-state index contributed by atoms with van der Waals surface area (Å²) in [5.41, 5.74) is 27.2. The Morgan fingerprint density at radius 3 is 2.07 bits per heavy atom. The predicted octanol–water partition coefficient (Wildman–Crippen LogP) is 8.92. The summed E-state index contributed by atoms with van der Waals surface area (Å²) in [6.45, 7) is 28.3. The molecule has 1 rings (SSSR count). The second-order valence-electron chi connectivity index (χ2n) is 10.1. The van der Waals surface area contributed by atoms with Crippen LogP contribution in [0.15, 0.2) is 67.3 Å². The van der Waals surface area contributed by atoms with Gasteiger partial charge >= 0.3 is 0 Å². The van der Waals surface area contributed by atoms with Crippen LogP contribution >= 0.6 is 0 Å². The molecule has 0 amide bonds.